The SMILES string of the molecule is Cc1ccc(-c2csc(NC(=O)CCc3nnc(-c4ccsc4)o3)n2)cc1[N+](=O)[O-]. The lowest BCUT2D eigenvalue weighted by Crippen LogP contribution is -2.12. The van der Waals surface area contributed by atoms with Crippen molar-refractivity contribution < 1.29 is 14.1 Å². The number of nitro groups is 1. The minimum Gasteiger partial charge on any atom is -0.421 e. The predicted molar refractivity (Wildman–Crippen MR) is 114 cm³/mol. The molecular formula is C19H15N5O4S2. The van der Waals surface area contributed by atoms with Crippen molar-refractivity contribution in [2.24, 2.45) is 0 Å². The zero-order valence-corrected chi connectivity index (χ0v) is 17.3. The summed E-state index contributed by atoms with van der Waals surface area (Å²) < 4.78 is 5.57. The van der Waals surface area contributed by atoms with Gasteiger partial charge in [-0.2, -0.15) is 11.3 Å². The van der Waals surface area contributed by atoms with Gasteiger partial charge >= 0.3 is 0 Å². The smallest absolute Gasteiger partial charge is 0.272 e. The largest absolute Gasteiger partial charge is 0.421 e. The molecule has 3 aromatic heterocycles. The van der Waals surface area contributed by atoms with Gasteiger partial charge in [0.25, 0.3) is 5.69 Å². The zero-order valence-electron chi connectivity index (χ0n) is 15.7. The number of anilines is 1. The number of carbonyl (C=O) groups is 1. The first kappa shape index (κ1) is 19.9. The minimum atomic E-state index is -0.421. The lowest BCUT2D eigenvalue weighted by atomic mass is 10.1. The van der Waals surface area contributed by atoms with Crippen molar-refractivity contribution in [3.63, 3.8) is 0 Å². The molecular weight excluding hydrogens is 426 g/mol. The Morgan fingerprint density at radius 3 is 2.87 bits per heavy atom. The van der Waals surface area contributed by atoms with Gasteiger partial charge < -0.3 is 9.73 Å². The van der Waals surface area contributed by atoms with Gasteiger partial charge in [-0.3, -0.25) is 14.9 Å². The lowest BCUT2D eigenvalue weighted by molar-refractivity contribution is -0.385. The van der Waals surface area contributed by atoms with Crippen molar-refractivity contribution in [1.82, 2.24) is 15.2 Å². The Bertz CT molecular complexity index is 1200. The summed E-state index contributed by atoms with van der Waals surface area (Å²) in [5.41, 5.74) is 2.66. The van der Waals surface area contributed by atoms with Crippen molar-refractivity contribution in [3.8, 4) is 22.7 Å². The highest BCUT2D eigenvalue weighted by Gasteiger charge is 2.15. The molecule has 30 heavy (non-hydrogen) atoms. The first-order chi connectivity index (χ1) is 14.5. The average molecular weight is 441 g/mol. The van der Waals surface area contributed by atoms with Crippen LogP contribution in [0.3, 0.4) is 0 Å². The van der Waals surface area contributed by atoms with E-state index < -0.39 is 4.92 Å². The van der Waals surface area contributed by atoms with Gasteiger partial charge in [0.2, 0.25) is 17.7 Å². The highest BCUT2D eigenvalue weighted by atomic mass is 32.1. The van der Waals surface area contributed by atoms with Crippen molar-refractivity contribution in [2.75, 3.05) is 5.32 Å². The molecule has 152 valence electrons. The van der Waals surface area contributed by atoms with Gasteiger partial charge in [-0.05, 0) is 18.4 Å². The maximum atomic E-state index is 12.2. The number of thiophene rings is 1. The third-order valence-electron chi connectivity index (χ3n) is 4.25. The molecule has 11 heteroatoms. The molecule has 1 N–H and O–H groups in total. The van der Waals surface area contributed by atoms with Gasteiger partial charge in [0.05, 0.1) is 10.6 Å². The number of nitro benzene ring substituents is 1. The fraction of sp³-hybridized carbons (Fsp3) is 0.158. The van der Waals surface area contributed by atoms with Crippen LogP contribution in [-0.2, 0) is 11.2 Å². The summed E-state index contributed by atoms with van der Waals surface area (Å²) >= 11 is 2.79. The maximum absolute atomic E-state index is 12.2. The molecule has 9 nitrogen and oxygen atoms in total. The summed E-state index contributed by atoms with van der Waals surface area (Å²) in [4.78, 5) is 27.3. The number of nitrogens with zero attached hydrogens (tertiary/aromatic N) is 4. The molecule has 0 fully saturated rings. The van der Waals surface area contributed by atoms with E-state index in [9.17, 15) is 14.9 Å². The standard InChI is InChI=1S/C19H15N5O4S2/c1-11-2-3-12(8-15(11)24(26)27)14-10-30-19(20-14)21-16(25)4-5-17-22-23-18(28-17)13-6-7-29-9-13/h2-3,6-10H,4-5H2,1H3,(H,20,21,25). The number of aromatic nitrogens is 3. The van der Waals surface area contributed by atoms with Crippen LogP contribution in [0.2, 0.25) is 0 Å². The minimum absolute atomic E-state index is 0.0347. The summed E-state index contributed by atoms with van der Waals surface area (Å²) in [6, 6.07) is 6.82. The van der Waals surface area contributed by atoms with Crippen LogP contribution in [0.4, 0.5) is 10.8 Å². The zero-order chi connectivity index (χ0) is 21.1. The number of benzene rings is 1. The number of thiazole rings is 1. The van der Waals surface area contributed by atoms with Crippen LogP contribution < -0.4 is 5.32 Å². The molecule has 4 rings (SSSR count). The second-order valence-corrected chi connectivity index (χ2v) is 8.00. The first-order valence-corrected chi connectivity index (χ1v) is 10.7. The fourth-order valence-electron chi connectivity index (χ4n) is 2.69. The van der Waals surface area contributed by atoms with E-state index in [4.69, 9.17) is 4.42 Å². The molecule has 4 aromatic rings. The summed E-state index contributed by atoms with van der Waals surface area (Å²) in [6.07, 6.45) is 0.474. The molecule has 0 spiro atoms. The molecule has 0 saturated carbocycles. The third kappa shape index (κ3) is 4.42. The van der Waals surface area contributed by atoms with Crippen LogP contribution in [0, 0.1) is 17.0 Å². The van der Waals surface area contributed by atoms with Crippen LogP contribution in [0.5, 0.6) is 0 Å². The Labute approximate surface area is 178 Å². The predicted octanol–water partition coefficient (Wildman–Crippen LogP) is 4.71. The van der Waals surface area contributed by atoms with E-state index in [1.165, 1.54) is 28.7 Å². The lowest BCUT2D eigenvalue weighted by Gasteiger charge is -2.01. The third-order valence-corrected chi connectivity index (χ3v) is 5.69. The average Bonchev–Trinajstić information content (AvgIpc) is 3.48. The van der Waals surface area contributed by atoms with Crippen LogP contribution >= 0.6 is 22.7 Å². The molecule has 0 saturated heterocycles. The molecule has 0 bridgehead atoms. The first-order valence-electron chi connectivity index (χ1n) is 8.85. The monoisotopic (exact) mass is 441 g/mol. The number of hydrogen-bond acceptors (Lipinski definition) is 9. The molecule has 0 aliphatic rings. The molecule has 0 atom stereocenters. The summed E-state index contributed by atoms with van der Waals surface area (Å²) in [5.74, 6) is 0.586. The quantitative estimate of drug-likeness (QED) is 0.325. The number of carbonyl (C=O) groups excluding carboxylic acids is 1. The van der Waals surface area contributed by atoms with Crippen molar-refractivity contribution in [2.45, 2.75) is 19.8 Å². The van der Waals surface area contributed by atoms with Crippen LogP contribution in [0.15, 0.2) is 44.8 Å². The van der Waals surface area contributed by atoms with Crippen molar-refractivity contribution in [3.05, 3.63) is 62.0 Å². The molecule has 0 aliphatic heterocycles. The molecule has 1 amide bonds. The van der Waals surface area contributed by atoms with E-state index in [-0.39, 0.29) is 18.0 Å². The second-order valence-electron chi connectivity index (χ2n) is 6.36. The Morgan fingerprint density at radius 2 is 2.10 bits per heavy atom. The number of hydrogen-bond donors (Lipinski definition) is 1. The maximum Gasteiger partial charge on any atom is 0.272 e. The van der Waals surface area contributed by atoms with E-state index in [2.05, 4.69) is 20.5 Å². The van der Waals surface area contributed by atoms with Crippen LogP contribution in [0.1, 0.15) is 17.9 Å². The van der Waals surface area contributed by atoms with E-state index in [0.717, 1.165) is 5.56 Å². The van der Waals surface area contributed by atoms with Crippen LogP contribution in [0.25, 0.3) is 22.7 Å². The van der Waals surface area contributed by atoms with Gasteiger partial charge in [0.1, 0.15) is 0 Å². The van der Waals surface area contributed by atoms with Crippen LogP contribution in [-0.4, -0.2) is 26.0 Å². The molecule has 0 aliphatic carbocycles. The Morgan fingerprint density at radius 1 is 1.23 bits per heavy atom. The van der Waals surface area contributed by atoms with Gasteiger partial charge in [0.15, 0.2) is 5.13 Å². The highest BCUT2D eigenvalue weighted by Crippen LogP contribution is 2.29. The van der Waals surface area contributed by atoms with Gasteiger partial charge in [-0.15, -0.1) is 21.5 Å². The summed E-state index contributed by atoms with van der Waals surface area (Å²) in [6.45, 7) is 1.68. The molecule has 3 heterocycles. The molecule has 1 aromatic carbocycles. The van der Waals surface area contributed by atoms with E-state index >= 15 is 0 Å². The number of aryl methyl sites for hydroxylation is 2. The van der Waals surface area contributed by atoms with Gasteiger partial charge in [0, 0.05) is 46.4 Å². The Hall–Kier alpha value is -3.44. The normalized spacial score (nSPS) is 10.8. The Balaban J connectivity index is 1.36. The molecule has 0 unspecified atom stereocenters. The number of rotatable bonds is 7. The van der Waals surface area contributed by atoms with Gasteiger partial charge in [-0.1, -0.05) is 12.1 Å². The number of nitrogens with one attached hydrogen (secondary N) is 1. The van der Waals surface area contributed by atoms with E-state index in [0.29, 0.717) is 40.2 Å². The van der Waals surface area contributed by atoms with Crippen molar-refractivity contribution in [1.29, 1.82) is 0 Å². The van der Waals surface area contributed by atoms with E-state index in [1.807, 2.05) is 16.8 Å². The number of amides is 1. The summed E-state index contributed by atoms with van der Waals surface area (Å²) in [5, 5.41) is 27.8. The Kier molecular flexibility index (Phi) is 5.63. The molecule has 0 radical (unpaired) electrons. The fourth-order valence-corrected chi connectivity index (χ4v) is 4.05. The van der Waals surface area contributed by atoms with Gasteiger partial charge in [-0.25, -0.2) is 4.98 Å². The topological polar surface area (TPSA) is 124 Å². The summed E-state index contributed by atoms with van der Waals surface area (Å²) in [7, 11) is 0. The highest BCUT2D eigenvalue weighted by molar-refractivity contribution is 7.14. The second kappa shape index (κ2) is 8.51. The van der Waals surface area contributed by atoms with Crippen molar-refractivity contribution >= 4 is 39.4 Å². The van der Waals surface area contributed by atoms with E-state index in [1.54, 1.807) is 24.4 Å².